The summed E-state index contributed by atoms with van der Waals surface area (Å²) in [6, 6.07) is 7.43. The molecule has 0 spiro atoms. The minimum Gasteiger partial charge on any atom is -0.375 e. The van der Waals surface area contributed by atoms with Crippen LogP contribution < -0.4 is 5.73 Å². The van der Waals surface area contributed by atoms with Gasteiger partial charge >= 0.3 is 0 Å². The van der Waals surface area contributed by atoms with Crippen LogP contribution in [0.1, 0.15) is 33.9 Å². The van der Waals surface area contributed by atoms with Crippen LogP contribution in [0.4, 0.5) is 5.13 Å². The first-order valence-corrected chi connectivity index (χ1v) is 7.35. The van der Waals surface area contributed by atoms with Gasteiger partial charge in [-0.3, -0.25) is 4.79 Å². The molecular formula is C14H16ClN3OS. The smallest absolute Gasteiger partial charge is 0.266 e. The van der Waals surface area contributed by atoms with E-state index in [1.807, 2.05) is 31.2 Å². The van der Waals surface area contributed by atoms with Gasteiger partial charge in [0.1, 0.15) is 4.88 Å². The number of thiazole rings is 1. The lowest BCUT2D eigenvalue weighted by molar-refractivity contribution is 0.0746. The van der Waals surface area contributed by atoms with E-state index in [2.05, 4.69) is 4.98 Å². The third-order valence-electron chi connectivity index (χ3n) is 3.26. The molecule has 0 radical (unpaired) electrons. The van der Waals surface area contributed by atoms with E-state index in [4.69, 9.17) is 17.3 Å². The predicted octanol–water partition coefficient (Wildman–Crippen LogP) is 3.52. The summed E-state index contributed by atoms with van der Waals surface area (Å²) in [4.78, 5) is 18.8. The van der Waals surface area contributed by atoms with E-state index in [0.717, 1.165) is 5.56 Å². The summed E-state index contributed by atoms with van der Waals surface area (Å²) >= 11 is 7.10. The molecule has 0 aliphatic rings. The van der Waals surface area contributed by atoms with E-state index < -0.39 is 0 Å². The fraction of sp³-hybridized carbons (Fsp3) is 0.286. The SMILES string of the molecule is Cc1nc(N)sc1C(=O)N(C)C(C)c1ccc(Cl)cc1. The highest BCUT2D eigenvalue weighted by Gasteiger charge is 2.22. The number of amides is 1. The third-order valence-corrected chi connectivity index (χ3v) is 4.49. The normalized spacial score (nSPS) is 12.2. The Morgan fingerprint density at radius 1 is 1.40 bits per heavy atom. The Labute approximate surface area is 127 Å². The van der Waals surface area contributed by atoms with Crippen molar-refractivity contribution in [3.8, 4) is 0 Å². The molecule has 2 aromatic rings. The lowest BCUT2D eigenvalue weighted by Crippen LogP contribution is -2.29. The standard InChI is InChI=1S/C14H16ClN3OS/c1-8-12(20-14(16)17-8)13(19)18(3)9(2)10-4-6-11(15)7-5-10/h4-7,9H,1-3H3,(H2,16,17). The molecule has 2 N–H and O–H groups in total. The topological polar surface area (TPSA) is 59.2 Å². The van der Waals surface area contributed by atoms with Crippen LogP contribution in [0, 0.1) is 6.92 Å². The predicted molar refractivity (Wildman–Crippen MR) is 83.2 cm³/mol. The van der Waals surface area contributed by atoms with Crippen molar-refractivity contribution in [2.75, 3.05) is 12.8 Å². The highest BCUT2D eigenvalue weighted by atomic mass is 35.5. The van der Waals surface area contributed by atoms with E-state index in [1.165, 1.54) is 11.3 Å². The maximum atomic E-state index is 12.5. The van der Waals surface area contributed by atoms with Crippen LogP contribution in [0.25, 0.3) is 0 Å². The molecule has 1 unspecified atom stereocenters. The zero-order chi connectivity index (χ0) is 14.9. The van der Waals surface area contributed by atoms with E-state index >= 15 is 0 Å². The lowest BCUT2D eigenvalue weighted by Gasteiger charge is -2.25. The quantitative estimate of drug-likeness (QED) is 0.943. The van der Waals surface area contributed by atoms with Crippen molar-refractivity contribution in [1.82, 2.24) is 9.88 Å². The third kappa shape index (κ3) is 2.94. The molecule has 0 saturated carbocycles. The van der Waals surface area contributed by atoms with Gasteiger partial charge in [-0.2, -0.15) is 0 Å². The molecule has 0 aliphatic carbocycles. The van der Waals surface area contributed by atoms with Gasteiger partial charge in [-0.05, 0) is 31.5 Å². The van der Waals surface area contributed by atoms with Gasteiger partial charge in [0.05, 0.1) is 11.7 Å². The molecule has 1 atom stereocenters. The van der Waals surface area contributed by atoms with E-state index in [0.29, 0.717) is 20.7 Å². The zero-order valence-electron chi connectivity index (χ0n) is 11.6. The number of aromatic nitrogens is 1. The Morgan fingerprint density at radius 3 is 2.50 bits per heavy atom. The molecule has 4 nitrogen and oxygen atoms in total. The van der Waals surface area contributed by atoms with Crippen LogP contribution in [0.2, 0.25) is 5.02 Å². The van der Waals surface area contributed by atoms with Crippen molar-refractivity contribution >= 4 is 34.0 Å². The number of nitrogens with zero attached hydrogens (tertiary/aromatic N) is 2. The number of halogens is 1. The van der Waals surface area contributed by atoms with Gasteiger partial charge in [-0.25, -0.2) is 4.98 Å². The number of hydrogen-bond acceptors (Lipinski definition) is 4. The fourth-order valence-electron chi connectivity index (χ4n) is 1.92. The first-order chi connectivity index (χ1) is 9.40. The van der Waals surface area contributed by atoms with Crippen LogP contribution in [0.5, 0.6) is 0 Å². The summed E-state index contributed by atoms with van der Waals surface area (Å²) < 4.78 is 0. The summed E-state index contributed by atoms with van der Waals surface area (Å²) in [5.74, 6) is -0.0702. The average Bonchev–Trinajstić information content (AvgIpc) is 2.76. The van der Waals surface area contributed by atoms with E-state index in [9.17, 15) is 4.79 Å². The molecule has 6 heteroatoms. The second-order valence-electron chi connectivity index (χ2n) is 4.61. The Morgan fingerprint density at radius 2 is 2.00 bits per heavy atom. The van der Waals surface area contributed by atoms with E-state index in [1.54, 1.807) is 18.9 Å². The molecule has 1 aromatic heterocycles. The number of rotatable bonds is 3. The van der Waals surface area contributed by atoms with Crippen LogP contribution in [-0.2, 0) is 0 Å². The second-order valence-corrected chi connectivity index (χ2v) is 6.08. The summed E-state index contributed by atoms with van der Waals surface area (Å²) in [6.45, 7) is 3.77. The summed E-state index contributed by atoms with van der Waals surface area (Å²) in [5, 5.41) is 1.10. The first-order valence-electron chi connectivity index (χ1n) is 6.15. The average molecular weight is 310 g/mol. The van der Waals surface area contributed by atoms with Crippen molar-refractivity contribution in [2.24, 2.45) is 0 Å². The number of benzene rings is 1. The molecular weight excluding hydrogens is 294 g/mol. The largest absolute Gasteiger partial charge is 0.375 e. The summed E-state index contributed by atoms with van der Waals surface area (Å²) in [7, 11) is 1.77. The summed E-state index contributed by atoms with van der Waals surface area (Å²) in [6.07, 6.45) is 0. The van der Waals surface area contributed by atoms with Crippen molar-refractivity contribution in [3.63, 3.8) is 0 Å². The van der Waals surface area contributed by atoms with Crippen molar-refractivity contribution < 1.29 is 4.79 Å². The minimum atomic E-state index is -0.0702. The molecule has 0 saturated heterocycles. The van der Waals surface area contributed by atoms with Crippen LogP contribution in [0.3, 0.4) is 0 Å². The molecule has 1 heterocycles. The van der Waals surface area contributed by atoms with Gasteiger partial charge in [0.2, 0.25) is 0 Å². The number of anilines is 1. The van der Waals surface area contributed by atoms with Crippen molar-refractivity contribution in [1.29, 1.82) is 0 Å². The number of nitrogen functional groups attached to an aromatic ring is 1. The lowest BCUT2D eigenvalue weighted by atomic mass is 10.1. The molecule has 0 aliphatic heterocycles. The number of nitrogens with two attached hydrogens (primary N) is 1. The zero-order valence-corrected chi connectivity index (χ0v) is 13.1. The molecule has 2 rings (SSSR count). The highest BCUT2D eigenvalue weighted by Crippen LogP contribution is 2.26. The van der Waals surface area contributed by atoms with Crippen molar-refractivity contribution in [2.45, 2.75) is 19.9 Å². The maximum absolute atomic E-state index is 12.5. The Balaban J connectivity index is 2.22. The van der Waals surface area contributed by atoms with Gasteiger partial charge in [0, 0.05) is 12.1 Å². The van der Waals surface area contributed by atoms with Gasteiger partial charge in [0.15, 0.2) is 5.13 Å². The Hall–Kier alpha value is -1.59. The van der Waals surface area contributed by atoms with Gasteiger partial charge < -0.3 is 10.6 Å². The van der Waals surface area contributed by atoms with Crippen LogP contribution in [-0.4, -0.2) is 22.8 Å². The first kappa shape index (κ1) is 14.8. The van der Waals surface area contributed by atoms with Crippen molar-refractivity contribution in [3.05, 3.63) is 45.4 Å². The maximum Gasteiger partial charge on any atom is 0.266 e. The van der Waals surface area contributed by atoms with Gasteiger partial charge in [0.25, 0.3) is 5.91 Å². The Kier molecular flexibility index (Phi) is 4.30. The molecule has 0 fully saturated rings. The Bertz CT molecular complexity index is 624. The molecule has 106 valence electrons. The molecule has 0 bridgehead atoms. The monoisotopic (exact) mass is 309 g/mol. The molecule has 1 amide bonds. The number of carbonyl (C=O) groups is 1. The fourth-order valence-corrected chi connectivity index (χ4v) is 2.86. The summed E-state index contributed by atoms with van der Waals surface area (Å²) in [5.41, 5.74) is 7.35. The van der Waals surface area contributed by atoms with E-state index in [-0.39, 0.29) is 11.9 Å². The number of carbonyl (C=O) groups excluding carboxylic acids is 1. The van der Waals surface area contributed by atoms with Gasteiger partial charge in [-0.15, -0.1) is 0 Å². The van der Waals surface area contributed by atoms with Gasteiger partial charge in [-0.1, -0.05) is 35.1 Å². The molecule has 1 aromatic carbocycles. The second kappa shape index (κ2) is 5.81. The number of aryl methyl sites for hydroxylation is 1. The molecule has 20 heavy (non-hydrogen) atoms. The van der Waals surface area contributed by atoms with Crippen LogP contribution in [0.15, 0.2) is 24.3 Å². The number of hydrogen-bond donors (Lipinski definition) is 1. The minimum absolute atomic E-state index is 0.0532. The van der Waals surface area contributed by atoms with Crippen LogP contribution >= 0.6 is 22.9 Å². The highest BCUT2D eigenvalue weighted by molar-refractivity contribution is 7.17.